The topological polar surface area (TPSA) is 75.7 Å². The Balaban J connectivity index is 1.87. The zero-order valence-corrected chi connectivity index (χ0v) is 18.9. The SMILES string of the molecule is COc1ccc(S(=O)(=O)N(CC(=O)Nc2cc(Cl)cc(Cl)c2)Cc2ccccc2)cc1. The lowest BCUT2D eigenvalue weighted by atomic mass is 10.2. The van der Waals surface area contributed by atoms with Gasteiger partial charge in [-0.2, -0.15) is 4.31 Å². The van der Waals surface area contributed by atoms with E-state index in [0.717, 1.165) is 9.87 Å². The van der Waals surface area contributed by atoms with Crippen molar-refractivity contribution in [3.05, 3.63) is 88.4 Å². The molecular formula is C22H20Cl2N2O4S. The molecule has 1 N–H and O–H groups in total. The van der Waals surface area contributed by atoms with E-state index >= 15 is 0 Å². The number of carbonyl (C=O) groups excluding carboxylic acids is 1. The number of carbonyl (C=O) groups is 1. The maximum absolute atomic E-state index is 13.3. The quantitative estimate of drug-likeness (QED) is 0.502. The summed E-state index contributed by atoms with van der Waals surface area (Å²) in [5, 5.41) is 3.36. The lowest BCUT2D eigenvalue weighted by molar-refractivity contribution is -0.116. The Morgan fingerprint density at radius 2 is 1.58 bits per heavy atom. The van der Waals surface area contributed by atoms with Crippen LogP contribution in [0.1, 0.15) is 5.56 Å². The fraction of sp³-hybridized carbons (Fsp3) is 0.136. The molecule has 0 radical (unpaired) electrons. The molecule has 162 valence electrons. The molecule has 0 unspecified atom stereocenters. The van der Waals surface area contributed by atoms with E-state index in [2.05, 4.69) is 5.32 Å². The van der Waals surface area contributed by atoms with Gasteiger partial charge in [-0.3, -0.25) is 4.79 Å². The molecule has 0 aliphatic carbocycles. The average molecular weight is 479 g/mol. The van der Waals surface area contributed by atoms with Crippen LogP contribution in [0.5, 0.6) is 5.75 Å². The Bertz CT molecular complexity index is 1130. The molecule has 0 spiro atoms. The molecule has 31 heavy (non-hydrogen) atoms. The molecule has 9 heteroatoms. The average Bonchev–Trinajstić information content (AvgIpc) is 2.73. The Labute approximate surface area is 191 Å². The van der Waals surface area contributed by atoms with E-state index in [1.165, 1.54) is 37.4 Å². The Kier molecular flexibility index (Phi) is 7.56. The fourth-order valence-corrected chi connectivity index (χ4v) is 4.81. The number of halogens is 2. The van der Waals surface area contributed by atoms with Crippen LogP contribution in [0.25, 0.3) is 0 Å². The van der Waals surface area contributed by atoms with Crippen LogP contribution >= 0.6 is 23.2 Å². The molecule has 0 heterocycles. The van der Waals surface area contributed by atoms with E-state index < -0.39 is 22.5 Å². The van der Waals surface area contributed by atoms with Crippen LogP contribution in [0, 0.1) is 0 Å². The van der Waals surface area contributed by atoms with Gasteiger partial charge >= 0.3 is 0 Å². The number of sulfonamides is 1. The van der Waals surface area contributed by atoms with Gasteiger partial charge in [0, 0.05) is 22.3 Å². The number of hydrogen-bond acceptors (Lipinski definition) is 4. The molecule has 0 bridgehead atoms. The highest BCUT2D eigenvalue weighted by molar-refractivity contribution is 7.89. The Morgan fingerprint density at radius 1 is 0.968 bits per heavy atom. The van der Waals surface area contributed by atoms with Crippen molar-refractivity contribution in [2.45, 2.75) is 11.4 Å². The van der Waals surface area contributed by atoms with Crippen molar-refractivity contribution >= 4 is 44.8 Å². The second kappa shape index (κ2) is 10.2. The summed E-state index contributed by atoms with van der Waals surface area (Å²) >= 11 is 11.9. The second-order valence-corrected chi connectivity index (χ2v) is 9.45. The Morgan fingerprint density at radius 3 is 2.16 bits per heavy atom. The molecule has 3 aromatic rings. The molecule has 3 rings (SSSR count). The number of benzene rings is 3. The van der Waals surface area contributed by atoms with Gasteiger partial charge in [-0.25, -0.2) is 8.42 Å². The van der Waals surface area contributed by atoms with Gasteiger partial charge in [-0.05, 0) is 48.0 Å². The maximum atomic E-state index is 13.3. The highest BCUT2D eigenvalue weighted by Crippen LogP contribution is 2.24. The van der Waals surface area contributed by atoms with Crippen molar-refractivity contribution in [2.24, 2.45) is 0 Å². The van der Waals surface area contributed by atoms with E-state index in [0.29, 0.717) is 21.5 Å². The number of nitrogens with zero attached hydrogens (tertiary/aromatic N) is 1. The molecule has 0 aliphatic heterocycles. The van der Waals surface area contributed by atoms with Gasteiger partial charge in [0.15, 0.2) is 0 Å². The van der Waals surface area contributed by atoms with Crippen molar-refractivity contribution in [3.8, 4) is 5.75 Å². The van der Waals surface area contributed by atoms with Gasteiger partial charge in [0.25, 0.3) is 0 Å². The van der Waals surface area contributed by atoms with Crippen LogP contribution in [0.2, 0.25) is 10.0 Å². The van der Waals surface area contributed by atoms with Crippen molar-refractivity contribution in [3.63, 3.8) is 0 Å². The lowest BCUT2D eigenvalue weighted by Gasteiger charge is -2.22. The molecule has 1 amide bonds. The Hall–Kier alpha value is -2.58. The minimum absolute atomic E-state index is 0.0267. The fourth-order valence-electron chi connectivity index (χ4n) is 2.90. The first kappa shape index (κ1) is 23.1. The summed E-state index contributed by atoms with van der Waals surface area (Å²) in [5.74, 6) is 0.00971. The summed E-state index contributed by atoms with van der Waals surface area (Å²) in [4.78, 5) is 12.7. The molecule has 0 saturated heterocycles. The van der Waals surface area contributed by atoms with Crippen LogP contribution in [-0.4, -0.2) is 32.3 Å². The molecule has 0 aliphatic rings. The number of hydrogen-bond donors (Lipinski definition) is 1. The van der Waals surface area contributed by atoms with Crippen molar-refractivity contribution in [1.82, 2.24) is 4.31 Å². The second-order valence-electron chi connectivity index (χ2n) is 6.64. The molecule has 3 aromatic carbocycles. The van der Waals surface area contributed by atoms with Gasteiger partial charge in [0.1, 0.15) is 5.75 Å². The third-order valence-electron chi connectivity index (χ3n) is 4.37. The normalized spacial score (nSPS) is 11.4. The minimum atomic E-state index is -3.96. The zero-order valence-electron chi connectivity index (χ0n) is 16.6. The van der Waals surface area contributed by atoms with Crippen molar-refractivity contribution < 1.29 is 17.9 Å². The van der Waals surface area contributed by atoms with E-state index in [1.807, 2.05) is 18.2 Å². The molecule has 0 fully saturated rings. The van der Waals surface area contributed by atoms with Crippen LogP contribution in [-0.2, 0) is 21.4 Å². The summed E-state index contributed by atoms with van der Waals surface area (Å²) < 4.78 is 32.8. The number of anilines is 1. The monoisotopic (exact) mass is 478 g/mol. The van der Waals surface area contributed by atoms with Gasteiger partial charge in [-0.1, -0.05) is 53.5 Å². The third kappa shape index (κ3) is 6.21. The summed E-state index contributed by atoms with van der Waals surface area (Å²) in [6.45, 7) is -0.369. The zero-order chi connectivity index (χ0) is 22.4. The predicted octanol–water partition coefficient (Wildman–Crippen LogP) is 4.83. The van der Waals surface area contributed by atoms with Crippen molar-refractivity contribution in [1.29, 1.82) is 0 Å². The van der Waals surface area contributed by atoms with Crippen molar-refractivity contribution in [2.75, 3.05) is 19.0 Å². The predicted molar refractivity (Wildman–Crippen MR) is 122 cm³/mol. The largest absolute Gasteiger partial charge is 0.497 e. The number of rotatable bonds is 8. The van der Waals surface area contributed by atoms with E-state index in [9.17, 15) is 13.2 Å². The first-order valence-electron chi connectivity index (χ1n) is 9.22. The van der Waals surface area contributed by atoms with E-state index in [-0.39, 0.29) is 11.4 Å². The molecule has 0 saturated carbocycles. The van der Waals surface area contributed by atoms with Crippen LogP contribution < -0.4 is 10.1 Å². The molecule has 6 nitrogen and oxygen atoms in total. The van der Waals surface area contributed by atoms with Gasteiger partial charge in [0.05, 0.1) is 18.6 Å². The number of methoxy groups -OCH3 is 1. The summed E-state index contributed by atoms with van der Waals surface area (Å²) in [6, 6.07) is 19.6. The van der Waals surface area contributed by atoms with Crippen LogP contribution in [0.4, 0.5) is 5.69 Å². The van der Waals surface area contributed by atoms with Gasteiger partial charge < -0.3 is 10.1 Å². The number of ether oxygens (including phenoxy) is 1. The smallest absolute Gasteiger partial charge is 0.243 e. The minimum Gasteiger partial charge on any atom is -0.497 e. The number of amides is 1. The molecular weight excluding hydrogens is 459 g/mol. The number of nitrogens with one attached hydrogen (secondary N) is 1. The van der Waals surface area contributed by atoms with E-state index in [4.69, 9.17) is 27.9 Å². The van der Waals surface area contributed by atoms with E-state index in [1.54, 1.807) is 24.3 Å². The van der Waals surface area contributed by atoms with Crippen LogP contribution in [0.3, 0.4) is 0 Å². The first-order chi connectivity index (χ1) is 14.8. The highest BCUT2D eigenvalue weighted by Gasteiger charge is 2.27. The molecule has 0 atom stereocenters. The maximum Gasteiger partial charge on any atom is 0.243 e. The molecule has 0 aromatic heterocycles. The standard InChI is InChI=1S/C22H20Cl2N2O4S/c1-30-20-7-9-21(10-8-20)31(28,29)26(14-16-5-3-2-4-6-16)15-22(27)25-19-12-17(23)11-18(24)13-19/h2-13H,14-15H2,1H3,(H,25,27). The summed E-state index contributed by atoms with van der Waals surface area (Å²) in [7, 11) is -2.47. The van der Waals surface area contributed by atoms with Crippen LogP contribution in [0.15, 0.2) is 77.7 Å². The lowest BCUT2D eigenvalue weighted by Crippen LogP contribution is -2.37. The highest BCUT2D eigenvalue weighted by atomic mass is 35.5. The third-order valence-corrected chi connectivity index (χ3v) is 6.61. The first-order valence-corrected chi connectivity index (χ1v) is 11.4. The van der Waals surface area contributed by atoms with Gasteiger partial charge in [-0.15, -0.1) is 0 Å². The van der Waals surface area contributed by atoms with Gasteiger partial charge in [0.2, 0.25) is 15.9 Å². The summed E-state index contributed by atoms with van der Waals surface area (Å²) in [6.07, 6.45) is 0. The summed E-state index contributed by atoms with van der Waals surface area (Å²) in [5.41, 5.74) is 1.13.